The molecule has 0 spiro atoms. The van der Waals surface area contributed by atoms with Crippen LogP contribution in [0.2, 0.25) is 0 Å². The van der Waals surface area contributed by atoms with Crippen molar-refractivity contribution in [3.05, 3.63) is 74.6 Å². The van der Waals surface area contributed by atoms with Crippen molar-refractivity contribution < 1.29 is 17.9 Å². The third kappa shape index (κ3) is 4.08. The zero-order valence-electron chi connectivity index (χ0n) is 18.2. The van der Waals surface area contributed by atoms with E-state index in [1.54, 1.807) is 19.1 Å². The second kappa shape index (κ2) is 8.46. The highest BCUT2D eigenvalue weighted by Crippen LogP contribution is 2.38. The Labute approximate surface area is 195 Å². The molecule has 11 heteroatoms. The van der Waals surface area contributed by atoms with E-state index in [-0.39, 0.29) is 5.69 Å². The fraction of sp³-hybridized carbons (Fsp3) is 0.217. The number of nitrogens with zero attached hydrogens (tertiary/aromatic N) is 4. The van der Waals surface area contributed by atoms with Crippen LogP contribution < -0.4 is 16.0 Å². The number of ether oxygens (including phenoxy) is 1. The van der Waals surface area contributed by atoms with Crippen LogP contribution in [-0.2, 0) is 13.2 Å². The Morgan fingerprint density at radius 1 is 1.15 bits per heavy atom. The summed E-state index contributed by atoms with van der Waals surface area (Å²) in [6.45, 7) is 3.49. The van der Waals surface area contributed by atoms with Crippen LogP contribution in [-0.4, -0.2) is 19.6 Å². The van der Waals surface area contributed by atoms with Gasteiger partial charge in [0.15, 0.2) is 6.10 Å². The van der Waals surface area contributed by atoms with E-state index in [4.69, 9.17) is 10.00 Å². The number of fused-ring (bicyclic) bond motifs is 1. The number of rotatable bonds is 4. The van der Waals surface area contributed by atoms with Crippen LogP contribution in [0.25, 0.3) is 27.0 Å². The second-order valence-corrected chi connectivity index (χ2v) is 8.45. The summed E-state index contributed by atoms with van der Waals surface area (Å²) in [5.41, 5.74) is -1.41. The molecule has 0 radical (unpaired) electrons. The van der Waals surface area contributed by atoms with Gasteiger partial charge in [0, 0.05) is 24.1 Å². The summed E-state index contributed by atoms with van der Waals surface area (Å²) in [7, 11) is 0.962. The zero-order valence-corrected chi connectivity index (χ0v) is 19.0. The molecule has 4 aromatic rings. The van der Waals surface area contributed by atoms with Gasteiger partial charge >= 0.3 is 11.9 Å². The first-order valence-electron chi connectivity index (χ1n) is 9.98. The Morgan fingerprint density at radius 3 is 2.56 bits per heavy atom. The standard InChI is InChI=1S/C23H17F3N4O3S/c1-12-4-6-17(33-13(2)11-27)15(8-12)21-16-9-14(5-7-18(16)34-28-21)30-20(31)10-19(23(24,25)26)29(3)22(30)32/h4-10,13H,1-3H3. The Hall–Kier alpha value is -3.91. The summed E-state index contributed by atoms with van der Waals surface area (Å²) in [5, 5.41) is 9.71. The van der Waals surface area contributed by atoms with E-state index in [1.807, 2.05) is 25.1 Å². The summed E-state index contributed by atoms with van der Waals surface area (Å²) in [4.78, 5) is 25.2. The third-order valence-corrected chi connectivity index (χ3v) is 6.02. The number of hydrogen-bond donors (Lipinski definition) is 0. The van der Waals surface area contributed by atoms with Crippen LogP contribution in [0.15, 0.2) is 52.1 Å². The van der Waals surface area contributed by atoms with Gasteiger partial charge in [-0.2, -0.15) is 22.8 Å². The van der Waals surface area contributed by atoms with Gasteiger partial charge in [0.05, 0.1) is 16.1 Å². The molecule has 174 valence electrons. The number of benzene rings is 2. The van der Waals surface area contributed by atoms with E-state index in [0.29, 0.717) is 37.6 Å². The van der Waals surface area contributed by atoms with Crippen LogP contribution in [0.3, 0.4) is 0 Å². The van der Waals surface area contributed by atoms with Gasteiger partial charge in [-0.1, -0.05) is 11.6 Å². The Kier molecular flexibility index (Phi) is 5.79. The average Bonchev–Trinajstić information content (AvgIpc) is 3.20. The normalized spacial score (nSPS) is 12.5. The molecule has 0 amide bonds. The van der Waals surface area contributed by atoms with Crippen molar-refractivity contribution in [3.8, 4) is 28.8 Å². The highest BCUT2D eigenvalue weighted by atomic mass is 32.1. The van der Waals surface area contributed by atoms with Crippen LogP contribution in [0, 0.1) is 18.3 Å². The lowest BCUT2D eigenvalue weighted by atomic mass is 10.0. The molecule has 0 aliphatic rings. The molecule has 4 rings (SSSR count). The molecule has 0 bridgehead atoms. The Bertz CT molecular complexity index is 1580. The van der Waals surface area contributed by atoms with Crippen LogP contribution in [0.5, 0.6) is 5.75 Å². The quantitative estimate of drug-likeness (QED) is 0.426. The first kappa shape index (κ1) is 23.3. The Morgan fingerprint density at radius 2 is 1.88 bits per heavy atom. The van der Waals surface area contributed by atoms with Crippen molar-refractivity contribution >= 4 is 21.6 Å². The highest BCUT2D eigenvalue weighted by molar-refractivity contribution is 7.13. The number of alkyl halides is 3. The number of hydrogen-bond acceptors (Lipinski definition) is 6. The number of aryl methyl sites for hydroxylation is 1. The van der Waals surface area contributed by atoms with Gasteiger partial charge < -0.3 is 4.74 Å². The summed E-state index contributed by atoms with van der Waals surface area (Å²) < 4.78 is 51.6. The summed E-state index contributed by atoms with van der Waals surface area (Å²) in [6, 6.07) is 12.4. The zero-order chi connectivity index (χ0) is 24.8. The maximum atomic E-state index is 13.2. The topological polar surface area (TPSA) is 89.9 Å². The summed E-state index contributed by atoms with van der Waals surface area (Å²) >= 11 is 1.18. The monoisotopic (exact) mass is 486 g/mol. The van der Waals surface area contributed by atoms with Crippen LogP contribution >= 0.6 is 11.5 Å². The summed E-state index contributed by atoms with van der Waals surface area (Å²) in [5.74, 6) is 0.430. The maximum absolute atomic E-state index is 13.2. The number of aromatic nitrogens is 3. The van der Waals surface area contributed by atoms with Crippen LogP contribution in [0.4, 0.5) is 13.2 Å². The molecule has 0 saturated heterocycles. The molecule has 34 heavy (non-hydrogen) atoms. The van der Waals surface area contributed by atoms with Gasteiger partial charge in [0.25, 0.3) is 5.56 Å². The molecular formula is C23H17F3N4O3S. The predicted octanol–water partition coefficient (Wildman–Crippen LogP) is 4.43. The van der Waals surface area contributed by atoms with Gasteiger partial charge in [-0.15, -0.1) is 0 Å². The molecular weight excluding hydrogens is 469 g/mol. The van der Waals surface area contributed by atoms with E-state index in [0.717, 1.165) is 17.3 Å². The molecule has 1 atom stereocenters. The molecule has 2 aromatic carbocycles. The van der Waals surface area contributed by atoms with Gasteiger partial charge in [0.2, 0.25) is 0 Å². The predicted molar refractivity (Wildman–Crippen MR) is 121 cm³/mol. The fourth-order valence-electron chi connectivity index (χ4n) is 3.54. The largest absolute Gasteiger partial charge is 0.475 e. The van der Waals surface area contributed by atoms with Gasteiger partial charge in [-0.05, 0) is 55.7 Å². The van der Waals surface area contributed by atoms with Crippen molar-refractivity contribution in [1.29, 1.82) is 5.26 Å². The van der Waals surface area contributed by atoms with Crippen molar-refractivity contribution in [3.63, 3.8) is 0 Å². The average molecular weight is 486 g/mol. The minimum Gasteiger partial charge on any atom is -0.475 e. The van der Waals surface area contributed by atoms with Gasteiger partial charge in [-0.25, -0.2) is 9.36 Å². The lowest BCUT2D eigenvalue weighted by Gasteiger charge is -2.14. The molecule has 2 aromatic heterocycles. The smallest absolute Gasteiger partial charge is 0.431 e. The number of nitriles is 1. The molecule has 0 aliphatic carbocycles. The van der Waals surface area contributed by atoms with Gasteiger partial charge in [0.1, 0.15) is 17.5 Å². The van der Waals surface area contributed by atoms with Crippen molar-refractivity contribution in [1.82, 2.24) is 13.5 Å². The van der Waals surface area contributed by atoms with E-state index in [2.05, 4.69) is 4.37 Å². The van der Waals surface area contributed by atoms with Crippen molar-refractivity contribution in [2.24, 2.45) is 7.05 Å². The van der Waals surface area contributed by atoms with Crippen molar-refractivity contribution in [2.75, 3.05) is 0 Å². The minimum atomic E-state index is -4.84. The Balaban J connectivity index is 1.93. The lowest BCUT2D eigenvalue weighted by molar-refractivity contribution is -0.144. The molecule has 0 saturated carbocycles. The van der Waals surface area contributed by atoms with E-state index in [9.17, 15) is 22.8 Å². The molecule has 1 unspecified atom stereocenters. The van der Waals surface area contributed by atoms with Crippen molar-refractivity contribution in [2.45, 2.75) is 26.1 Å². The van der Waals surface area contributed by atoms with E-state index < -0.39 is 29.2 Å². The molecule has 0 fully saturated rings. The molecule has 0 N–H and O–H groups in total. The van der Waals surface area contributed by atoms with Crippen LogP contribution in [0.1, 0.15) is 18.2 Å². The minimum absolute atomic E-state index is 0.105. The summed E-state index contributed by atoms with van der Waals surface area (Å²) in [6.07, 6.45) is -5.56. The van der Waals surface area contributed by atoms with E-state index >= 15 is 0 Å². The third-order valence-electron chi connectivity index (χ3n) is 5.20. The molecule has 0 aliphatic heterocycles. The first-order chi connectivity index (χ1) is 16.0. The van der Waals surface area contributed by atoms with E-state index in [1.165, 1.54) is 23.7 Å². The molecule has 2 heterocycles. The first-order valence-corrected chi connectivity index (χ1v) is 10.8. The fourth-order valence-corrected chi connectivity index (χ4v) is 4.31. The molecule has 7 nitrogen and oxygen atoms in total. The SMILES string of the molecule is Cc1ccc(OC(C)C#N)c(-c2nsc3ccc(-n4c(=O)cc(C(F)(F)F)n(C)c4=O)cc23)c1. The maximum Gasteiger partial charge on any atom is 0.431 e. The lowest BCUT2D eigenvalue weighted by Crippen LogP contribution is -2.40. The highest BCUT2D eigenvalue weighted by Gasteiger charge is 2.35. The second-order valence-electron chi connectivity index (χ2n) is 7.64. The number of halogens is 3. The van der Waals surface area contributed by atoms with Gasteiger partial charge in [-0.3, -0.25) is 9.36 Å².